The summed E-state index contributed by atoms with van der Waals surface area (Å²) in [4.78, 5) is 16.4. The van der Waals surface area contributed by atoms with Gasteiger partial charge in [0.05, 0.1) is 21.3 Å². The van der Waals surface area contributed by atoms with Gasteiger partial charge in [0.2, 0.25) is 16.0 Å². The van der Waals surface area contributed by atoms with Crippen LogP contribution in [-0.2, 0) is 4.79 Å². The molecule has 2 rings (SSSR count). The van der Waals surface area contributed by atoms with Crippen molar-refractivity contribution in [2.24, 2.45) is 0 Å². The monoisotopic (exact) mass is 392 g/mol. The van der Waals surface area contributed by atoms with Crippen molar-refractivity contribution in [2.45, 2.75) is 5.16 Å². The van der Waals surface area contributed by atoms with Gasteiger partial charge in [0.15, 0.2) is 11.5 Å². The largest absolute Gasteiger partial charge is 0.493 e. The number of anilines is 1. The predicted molar refractivity (Wildman–Crippen MR) is 100 cm³/mol. The van der Waals surface area contributed by atoms with Crippen molar-refractivity contribution in [2.75, 3.05) is 32.9 Å². The predicted octanol–water partition coefficient (Wildman–Crippen LogP) is 2.83. The van der Waals surface area contributed by atoms with E-state index in [-0.39, 0.29) is 5.57 Å². The number of carbonyl (C=O) groups excluding carboxylic acids is 1. The molecule has 26 heavy (non-hydrogen) atoms. The van der Waals surface area contributed by atoms with E-state index in [0.717, 1.165) is 11.5 Å². The fraction of sp³-hybridized carbons (Fsp3) is 0.250. The zero-order valence-corrected chi connectivity index (χ0v) is 16.2. The van der Waals surface area contributed by atoms with Crippen LogP contribution in [0, 0.1) is 11.3 Å². The van der Waals surface area contributed by atoms with Gasteiger partial charge in [-0.3, -0.25) is 10.1 Å². The molecule has 2 aromatic rings. The number of carbonyl (C=O) groups is 1. The summed E-state index contributed by atoms with van der Waals surface area (Å²) in [6.45, 7) is 0. The van der Waals surface area contributed by atoms with Crippen molar-refractivity contribution in [3.63, 3.8) is 0 Å². The molecule has 1 heterocycles. The SMILES string of the molecule is COc1cc(C=C(C#N)C(=O)Nc2nc(SC)ns2)cc(OC)c1OC. The molecule has 0 saturated carbocycles. The van der Waals surface area contributed by atoms with Crippen LogP contribution >= 0.6 is 23.3 Å². The Morgan fingerprint density at radius 2 is 1.92 bits per heavy atom. The van der Waals surface area contributed by atoms with Crippen molar-refractivity contribution in [1.82, 2.24) is 9.36 Å². The molecule has 0 unspecified atom stereocenters. The van der Waals surface area contributed by atoms with Crippen LogP contribution in [0.4, 0.5) is 5.13 Å². The third kappa shape index (κ3) is 4.44. The standard InChI is InChI=1S/C16H16N4O4S2/c1-22-11-6-9(7-12(23-2)13(11)24-3)5-10(8-17)14(21)18-15-19-16(25-4)20-26-15/h5-7H,1-4H3,(H,18,19,20,21). The first-order valence-electron chi connectivity index (χ1n) is 7.17. The first-order chi connectivity index (χ1) is 12.6. The molecule has 0 radical (unpaired) electrons. The Balaban J connectivity index is 2.32. The molecule has 0 aliphatic carbocycles. The number of methoxy groups -OCH3 is 3. The second kappa shape index (κ2) is 9.07. The highest BCUT2D eigenvalue weighted by Gasteiger charge is 2.16. The smallest absolute Gasteiger partial charge is 0.268 e. The molecule has 0 aliphatic rings. The van der Waals surface area contributed by atoms with E-state index in [1.165, 1.54) is 39.2 Å². The summed E-state index contributed by atoms with van der Waals surface area (Å²) in [6, 6.07) is 5.17. The molecule has 136 valence electrons. The van der Waals surface area contributed by atoms with Crippen LogP contribution in [0.15, 0.2) is 22.9 Å². The van der Waals surface area contributed by atoms with Crippen LogP contribution in [0.5, 0.6) is 17.2 Å². The molecule has 0 atom stereocenters. The van der Waals surface area contributed by atoms with E-state index in [0.29, 0.717) is 33.1 Å². The summed E-state index contributed by atoms with van der Waals surface area (Å²) in [5.41, 5.74) is 0.452. The lowest BCUT2D eigenvalue weighted by molar-refractivity contribution is -0.112. The minimum atomic E-state index is -0.579. The number of amides is 1. The van der Waals surface area contributed by atoms with Crippen molar-refractivity contribution < 1.29 is 19.0 Å². The Kier molecular flexibility index (Phi) is 6.82. The number of thioether (sulfide) groups is 1. The molecule has 8 nitrogen and oxygen atoms in total. The number of aromatic nitrogens is 2. The number of hydrogen-bond donors (Lipinski definition) is 1. The van der Waals surface area contributed by atoms with Gasteiger partial charge in [0, 0.05) is 11.5 Å². The van der Waals surface area contributed by atoms with Gasteiger partial charge in [0.1, 0.15) is 11.6 Å². The first kappa shape index (κ1) is 19.6. The minimum absolute atomic E-state index is 0.0971. The highest BCUT2D eigenvalue weighted by molar-refractivity contribution is 7.98. The van der Waals surface area contributed by atoms with Gasteiger partial charge < -0.3 is 14.2 Å². The Bertz CT molecular complexity index is 848. The van der Waals surface area contributed by atoms with Crippen LogP contribution in [0.25, 0.3) is 6.08 Å². The Morgan fingerprint density at radius 3 is 2.38 bits per heavy atom. The van der Waals surface area contributed by atoms with Crippen LogP contribution in [0.3, 0.4) is 0 Å². The van der Waals surface area contributed by atoms with E-state index in [2.05, 4.69) is 14.7 Å². The molecule has 10 heteroatoms. The van der Waals surface area contributed by atoms with E-state index in [4.69, 9.17) is 14.2 Å². The van der Waals surface area contributed by atoms with Gasteiger partial charge >= 0.3 is 0 Å². The number of hydrogen-bond acceptors (Lipinski definition) is 9. The Morgan fingerprint density at radius 1 is 1.27 bits per heavy atom. The summed E-state index contributed by atoms with van der Waals surface area (Å²) < 4.78 is 19.8. The van der Waals surface area contributed by atoms with Gasteiger partial charge in [-0.25, -0.2) is 0 Å². The molecule has 0 saturated heterocycles. The third-order valence-electron chi connectivity index (χ3n) is 3.17. The van der Waals surface area contributed by atoms with Crippen LogP contribution in [0.1, 0.15) is 5.56 Å². The quantitative estimate of drug-likeness (QED) is 0.435. The number of ether oxygens (including phenoxy) is 3. The molecular weight excluding hydrogens is 376 g/mol. The normalized spacial score (nSPS) is 10.8. The lowest BCUT2D eigenvalue weighted by atomic mass is 10.1. The molecule has 0 spiro atoms. The average Bonchev–Trinajstić information content (AvgIpc) is 3.12. The maximum Gasteiger partial charge on any atom is 0.268 e. The third-order valence-corrected chi connectivity index (χ3v) is 4.47. The number of nitrogens with one attached hydrogen (secondary N) is 1. The summed E-state index contributed by atoms with van der Waals surface area (Å²) in [5.74, 6) is 0.688. The zero-order chi connectivity index (χ0) is 19.1. The van der Waals surface area contributed by atoms with E-state index in [1.54, 1.807) is 12.1 Å². The highest BCUT2D eigenvalue weighted by Crippen LogP contribution is 2.38. The second-order valence-corrected chi connectivity index (χ2v) is 6.19. The van der Waals surface area contributed by atoms with Crippen LogP contribution in [-0.4, -0.2) is 42.8 Å². The lowest BCUT2D eigenvalue weighted by Crippen LogP contribution is -2.13. The Labute approximate surface area is 159 Å². The maximum absolute atomic E-state index is 12.3. The van der Waals surface area contributed by atoms with Gasteiger partial charge in [-0.2, -0.15) is 14.6 Å². The summed E-state index contributed by atoms with van der Waals surface area (Å²) in [5, 5.41) is 12.8. The number of nitriles is 1. The molecular formula is C16H16N4O4S2. The fourth-order valence-corrected chi connectivity index (χ4v) is 3.13. The topological polar surface area (TPSA) is 106 Å². The van der Waals surface area contributed by atoms with E-state index >= 15 is 0 Å². The molecule has 0 fully saturated rings. The minimum Gasteiger partial charge on any atom is -0.493 e. The molecule has 1 aromatic carbocycles. The second-order valence-electron chi connectivity index (χ2n) is 4.67. The Hall–Kier alpha value is -2.77. The fourth-order valence-electron chi connectivity index (χ4n) is 2.01. The van der Waals surface area contributed by atoms with Gasteiger partial charge in [-0.15, -0.1) is 0 Å². The maximum atomic E-state index is 12.3. The van der Waals surface area contributed by atoms with Gasteiger partial charge in [-0.05, 0) is 30.0 Å². The molecule has 1 amide bonds. The number of nitrogens with zero attached hydrogens (tertiary/aromatic N) is 3. The summed E-state index contributed by atoms with van der Waals surface area (Å²) in [7, 11) is 4.47. The molecule has 0 bridgehead atoms. The highest BCUT2D eigenvalue weighted by atomic mass is 32.2. The van der Waals surface area contributed by atoms with Crippen LogP contribution in [0.2, 0.25) is 0 Å². The van der Waals surface area contributed by atoms with Crippen molar-refractivity contribution in [3.05, 3.63) is 23.3 Å². The average molecular weight is 392 g/mol. The van der Waals surface area contributed by atoms with E-state index < -0.39 is 5.91 Å². The molecule has 1 aromatic heterocycles. The summed E-state index contributed by atoms with van der Waals surface area (Å²) in [6.07, 6.45) is 3.26. The molecule has 1 N–H and O–H groups in total. The zero-order valence-electron chi connectivity index (χ0n) is 14.5. The first-order valence-corrected chi connectivity index (χ1v) is 9.16. The number of benzene rings is 1. The van der Waals surface area contributed by atoms with Gasteiger partial charge in [-0.1, -0.05) is 11.8 Å². The van der Waals surface area contributed by atoms with Crippen molar-refractivity contribution in [3.8, 4) is 23.3 Å². The number of rotatable bonds is 7. The van der Waals surface area contributed by atoms with Gasteiger partial charge in [0.25, 0.3) is 5.91 Å². The van der Waals surface area contributed by atoms with E-state index in [1.807, 2.05) is 12.3 Å². The molecule has 0 aliphatic heterocycles. The lowest BCUT2D eigenvalue weighted by Gasteiger charge is -2.13. The van der Waals surface area contributed by atoms with Crippen LogP contribution < -0.4 is 19.5 Å². The summed E-state index contributed by atoms with van der Waals surface area (Å²) >= 11 is 2.41. The van der Waals surface area contributed by atoms with E-state index in [9.17, 15) is 10.1 Å². The van der Waals surface area contributed by atoms with Crippen molar-refractivity contribution >= 4 is 40.4 Å². The van der Waals surface area contributed by atoms with Crippen molar-refractivity contribution in [1.29, 1.82) is 5.26 Å².